The summed E-state index contributed by atoms with van der Waals surface area (Å²) >= 11 is 1.47. The lowest BCUT2D eigenvalue weighted by Crippen LogP contribution is -2.38. The number of amides is 2. The predicted molar refractivity (Wildman–Crippen MR) is 157 cm³/mol. The highest BCUT2D eigenvalue weighted by Gasteiger charge is 2.20. The van der Waals surface area contributed by atoms with Crippen LogP contribution in [0.4, 0.5) is 16.3 Å². The molecule has 2 N–H and O–H groups in total. The number of carbonyl (C=O) groups is 1. The van der Waals surface area contributed by atoms with Crippen LogP contribution in [0.1, 0.15) is 26.5 Å². The summed E-state index contributed by atoms with van der Waals surface area (Å²) in [6.07, 6.45) is 1.54. The molecule has 11 nitrogen and oxygen atoms in total. The lowest BCUT2D eigenvalue weighted by atomic mass is 9.93. The second-order valence-electron chi connectivity index (χ2n) is 10.5. The molecule has 0 radical (unpaired) electrons. The number of methoxy groups -OCH3 is 1. The van der Waals surface area contributed by atoms with E-state index in [1.807, 2.05) is 57.2 Å². The van der Waals surface area contributed by atoms with E-state index < -0.39 is 6.03 Å². The molecule has 1 aliphatic heterocycles. The number of nitrogens with one attached hydrogen (secondary N) is 2. The van der Waals surface area contributed by atoms with Crippen molar-refractivity contribution in [1.29, 1.82) is 0 Å². The van der Waals surface area contributed by atoms with Crippen molar-refractivity contribution < 1.29 is 23.5 Å². The Morgan fingerprint density at radius 3 is 2.66 bits per heavy atom. The Hall–Kier alpha value is -3.87. The topological polar surface area (TPSA) is 124 Å². The zero-order valence-corrected chi connectivity index (χ0v) is 24.4. The molecule has 2 aromatic carbocycles. The third kappa shape index (κ3) is 7.46. The molecule has 1 saturated heterocycles. The summed E-state index contributed by atoms with van der Waals surface area (Å²) in [5.74, 6) is 2.29. The van der Waals surface area contributed by atoms with E-state index in [9.17, 15) is 4.79 Å². The number of aromatic nitrogens is 3. The van der Waals surface area contributed by atoms with E-state index in [1.165, 1.54) is 18.1 Å². The van der Waals surface area contributed by atoms with Gasteiger partial charge in [0.1, 0.15) is 23.7 Å². The number of nitrogens with zero attached hydrogens (tertiary/aromatic N) is 4. The zero-order chi connectivity index (χ0) is 28.8. The summed E-state index contributed by atoms with van der Waals surface area (Å²) in [4.78, 5) is 24.8. The number of anilines is 2. The molecule has 0 unspecified atom stereocenters. The van der Waals surface area contributed by atoms with E-state index >= 15 is 0 Å². The van der Waals surface area contributed by atoms with Crippen LogP contribution in [0.5, 0.6) is 11.5 Å². The first-order valence-corrected chi connectivity index (χ1v) is 14.2. The number of hydrogen-bond donors (Lipinski definition) is 2. The van der Waals surface area contributed by atoms with Crippen LogP contribution in [0.2, 0.25) is 0 Å². The fraction of sp³-hybridized carbons (Fsp3) is 0.379. The molecule has 12 heteroatoms. The van der Waals surface area contributed by atoms with Gasteiger partial charge in [0.25, 0.3) is 0 Å². The molecule has 5 rings (SSSR count). The lowest BCUT2D eigenvalue weighted by molar-refractivity contribution is 0.0321. The van der Waals surface area contributed by atoms with Gasteiger partial charge in [0.15, 0.2) is 17.3 Å². The number of rotatable bonds is 9. The van der Waals surface area contributed by atoms with Crippen molar-refractivity contribution in [2.24, 2.45) is 0 Å². The molecule has 41 heavy (non-hydrogen) atoms. The van der Waals surface area contributed by atoms with Gasteiger partial charge in [0.2, 0.25) is 0 Å². The van der Waals surface area contributed by atoms with Gasteiger partial charge in [-0.1, -0.05) is 43.8 Å². The molecular weight excluding hydrogens is 544 g/mol. The first-order chi connectivity index (χ1) is 19.8. The van der Waals surface area contributed by atoms with Crippen molar-refractivity contribution in [3.63, 3.8) is 0 Å². The summed E-state index contributed by atoms with van der Waals surface area (Å²) in [7, 11) is 1.62. The standard InChI is InChI=1S/C29H34N6O5S/c1-29(2,3)25-17-26(34-40-25)33-28(36)32-19-6-5-7-20(14-19)41-27-21-15-23(37-4)24(16-22(21)30-18-31-27)39-13-10-35-8-11-38-12-9-35/h5-7,14-18H,8-13H2,1-4H3,(H2,32,33,34,36). The van der Waals surface area contributed by atoms with Crippen molar-refractivity contribution in [2.45, 2.75) is 36.1 Å². The van der Waals surface area contributed by atoms with Crippen LogP contribution in [0.3, 0.4) is 0 Å². The van der Waals surface area contributed by atoms with Gasteiger partial charge in [0, 0.05) is 53.2 Å². The van der Waals surface area contributed by atoms with Gasteiger partial charge in [-0.25, -0.2) is 14.8 Å². The van der Waals surface area contributed by atoms with Crippen LogP contribution in [-0.4, -0.2) is 72.6 Å². The minimum Gasteiger partial charge on any atom is -0.493 e. The summed E-state index contributed by atoms with van der Waals surface area (Å²) < 4.78 is 22.5. The van der Waals surface area contributed by atoms with E-state index in [0.29, 0.717) is 35.4 Å². The third-order valence-corrected chi connectivity index (χ3v) is 7.46. The zero-order valence-electron chi connectivity index (χ0n) is 23.6. The highest BCUT2D eigenvalue weighted by molar-refractivity contribution is 7.99. The maximum atomic E-state index is 12.6. The maximum absolute atomic E-state index is 12.6. The minimum absolute atomic E-state index is 0.207. The molecule has 0 bridgehead atoms. The molecule has 3 heterocycles. The van der Waals surface area contributed by atoms with Crippen molar-refractivity contribution >= 4 is 40.2 Å². The Bertz CT molecular complexity index is 1500. The number of benzene rings is 2. The van der Waals surface area contributed by atoms with Crippen LogP contribution in [-0.2, 0) is 10.2 Å². The fourth-order valence-corrected chi connectivity index (χ4v) is 5.15. The average Bonchev–Trinajstić information content (AvgIpc) is 3.43. The fourth-order valence-electron chi connectivity index (χ4n) is 4.22. The molecule has 0 aliphatic carbocycles. The molecule has 4 aromatic rings. The average molecular weight is 579 g/mol. The first-order valence-electron chi connectivity index (χ1n) is 13.4. The molecule has 1 aliphatic rings. The smallest absolute Gasteiger partial charge is 0.324 e. The molecule has 2 amide bonds. The van der Waals surface area contributed by atoms with E-state index in [4.69, 9.17) is 18.7 Å². The lowest BCUT2D eigenvalue weighted by Gasteiger charge is -2.26. The Kier molecular flexibility index (Phi) is 8.91. The molecule has 1 fully saturated rings. The highest BCUT2D eigenvalue weighted by atomic mass is 32.2. The summed E-state index contributed by atoms with van der Waals surface area (Å²) in [5, 5.41) is 11.1. The number of morpholine rings is 1. The number of carbonyl (C=O) groups excluding carboxylic acids is 1. The normalized spacial score (nSPS) is 14.1. The van der Waals surface area contributed by atoms with Crippen molar-refractivity contribution in [2.75, 3.05) is 57.2 Å². The predicted octanol–water partition coefficient (Wildman–Crippen LogP) is 5.43. The molecular formula is C29H34N6O5S. The number of hydrogen-bond acceptors (Lipinski definition) is 10. The first kappa shape index (κ1) is 28.7. The van der Waals surface area contributed by atoms with E-state index in [0.717, 1.165) is 53.7 Å². The Morgan fingerprint density at radius 2 is 1.90 bits per heavy atom. The van der Waals surface area contributed by atoms with Crippen LogP contribution in [0, 0.1) is 0 Å². The van der Waals surface area contributed by atoms with Gasteiger partial charge in [-0.15, -0.1) is 0 Å². The van der Waals surface area contributed by atoms with E-state index in [2.05, 4.69) is 30.7 Å². The van der Waals surface area contributed by atoms with Gasteiger partial charge in [-0.2, -0.15) is 0 Å². The summed E-state index contributed by atoms with van der Waals surface area (Å²) in [5.41, 5.74) is 1.17. The second-order valence-corrected chi connectivity index (χ2v) is 11.6. The van der Waals surface area contributed by atoms with Gasteiger partial charge in [-0.05, 0) is 24.3 Å². The Balaban J connectivity index is 1.26. The third-order valence-electron chi connectivity index (χ3n) is 6.45. The highest BCUT2D eigenvalue weighted by Crippen LogP contribution is 2.37. The molecule has 0 spiro atoms. The SMILES string of the molecule is COc1cc2c(Sc3cccc(NC(=O)Nc4cc(C(C)(C)C)on4)c3)ncnc2cc1OCCN1CCOCC1. The number of urea groups is 1. The largest absolute Gasteiger partial charge is 0.493 e. The quantitative estimate of drug-likeness (QED) is 0.249. The maximum Gasteiger partial charge on any atom is 0.324 e. The van der Waals surface area contributed by atoms with Crippen LogP contribution in [0.15, 0.2) is 63.2 Å². The monoisotopic (exact) mass is 578 g/mol. The minimum atomic E-state index is -0.417. The van der Waals surface area contributed by atoms with E-state index in [1.54, 1.807) is 13.2 Å². The van der Waals surface area contributed by atoms with Crippen LogP contribution in [0.25, 0.3) is 10.9 Å². The Morgan fingerprint density at radius 1 is 1.07 bits per heavy atom. The number of fused-ring (bicyclic) bond motifs is 1. The summed E-state index contributed by atoms with van der Waals surface area (Å²) in [6, 6.07) is 12.6. The van der Waals surface area contributed by atoms with Crippen molar-refractivity contribution in [3.8, 4) is 11.5 Å². The molecule has 0 saturated carbocycles. The van der Waals surface area contributed by atoms with Gasteiger partial charge in [-0.3, -0.25) is 10.2 Å². The van der Waals surface area contributed by atoms with Crippen molar-refractivity contribution in [3.05, 3.63) is 54.6 Å². The molecule has 0 atom stereocenters. The molecule has 216 valence electrons. The van der Waals surface area contributed by atoms with Crippen molar-refractivity contribution in [1.82, 2.24) is 20.0 Å². The second kappa shape index (κ2) is 12.8. The van der Waals surface area contributed by atoms with Gasteiger partial charge < -0.3 is 24.1 Å². The Labute approximate surface area is 242 Å². The van der Waals surface area contributed by atoms with E-state index in [-0.39, 0.29) is 5.41 Å². The number of ether oxygens (including phenoxy) is 3. The van der Waals surface area contributed by atoms with Gasteiger partial charge >= 0.3 is 6.03 Å². The van der Waals surface area contributed by atoms with Gasteiger partial charge in [0.05, 0.1) is 25.8 Å². The van der Waals surface area contributed by atoms with Crippen LogP contribution < -0.4 is 20.1 Å². The molecule has 2 aromatic heterocycles. The van der Waals surface area contributed by atoms with Crippen LogP contribution >= 0.6 is 11.8 Å². The summed E-state index contributed by atoms with van der Waals surface area (Å²) in [6.45, 7) is 10.7.